The van der Waals surface area contributed by atoms with Gasteiger partial charge in [-0.1, -0.05) is 33.0 Å². The van der Waals surface area contributed by atoms with Crippen LogP contribution < -0.4 is 11.1 Å². The van der Waals surface area contributed by atoms with Gasteiger partial charge in [-0.25, -0.2) is 0 Å². The zero-order chi connectivity index (χ0) is 15.7. The van der Waals surface area contributed by atoms with Crippen molar-refractivity contribution in [2.45, 2.75) is 60.4 Å². The summed E-state index contributed by atoms with van der Waals surface area (Å²) in [5.74, 6) is 0. The van der Waals surface area contributed by atoms with Gasteiger partial charge in [-0.05, 0) is 45.6 Å². The Kier molecular flexibility index (Phi) is 4.80. The Morgan fingerprint density at radius 1 is 1.25 bits per heavy atom. The smallest absolute Gasteiger partial charge is 0.107 e. The van der Waals surface area contributed by atoms with E-state index in [1.165, 1.54) is 0 Å². The molecular weight excluding hydrogens is 266 g/mol. The summed E-state index contributed by atoms with van der Waals surface area (Å²) in [7, 11) is 0. The highest BCUT2D eigenvalue weighted by molar-refractivity contribution is 7.80. The third kappa shape index (κ3) is 4.75. The van der Waals surface area contributed by atoms with Crippen LogP contribution in [0.1, 0.15) is 58.0 Å². The van der Waals surface area contributed by atoms with Crippen molar-refractivity contribution in [2.75, 3.05) is 5.32 Å². The highest BCUT2D eigenvalue weighted by Crippen LogP contribution is 2.31. The van der Waals surface area contributed by atoms with Gasteiger partial charge in [-0.2, -0.15) is 0 Å². The highest BCUT2D eigenvalue weighted by Gasteiger charge is 2.26. The molecule has 0 aliphatic carbocycles. The van der Waals surface area contributed by atoms with Gasteiger partial charge in [0.2, 0.25) is 0 Å². The van der Waals surface area contributed by atoms with Crippen LogP contribution in [0, 0.1) is 19.3 Å². The molecule has 3 N–H and O–H groups in total. The molecular formula is C16H27N3S. The Morgan fingerprint density at radius 2 is 1.80 bits per heavy atom. The third-order valence-corrected chi connectivity index (χ3v) is 3.22. The van der Waals surface area contributed by atoms with Crippen LogP contribution in [0.25, 0.3) is 0 Å². The molecule has 1 rings (SSSR count). The Balaban J connectivity index is 3.17. The van der Waals surface area contributed by atoms with E-state index >= 15 is 0 Å². The van der Waals surface area contributed by atoms with E-state index in [1.54, 1.807) is 0 Å². The van der Waals surface area contributed by atoms with Crippen LogP contribution >= 0.6 is 12.2 Å². The highest BCUT2D eigenvalue weighted by atomic mass is 32.1. The number of thiocarbonyl (C=S) groups is 1. The Hall–Kier alpha value is -1.16. The van der Waals surface area contributed by atoms with Crippen molar-refractivity contribution >= 4 is 22.9 Å². The first kappa shape index (κ1) is 16.9. The Bertz CT molecular complexity index is 513. The predicted molar refractivity (Wildman–Crippen MR) is 91.4 cm³/mol. The van der Waals surface area contributed by atoms with Crippen LogP contribution in [0.5, 0.6) is 0 Å². The van der Waals surface area contributed by atoms with Gasteiger partial charge in [0.15, 0.2) is 0 Å². The molecule has 0 spiro atoms. The van der Waals surface area contributed by atoms with E-state index in [4.69, 9.17) is 18.0 Å². The summed E-state index contributed by atoms with van der Waals surface area (Å²) >= 11 is 5.18. The second-order valence-electron chi connectivity index (χ2n) is 7.38. The van der Waals surface area contributed by atoms with E-state index < -0.39 is 0 Å². The number of rotatable bonds is 4. The van der Waals surface area contributed by atoms with Crippen molar-refractivity contribution in [3.63, 3.8) is 0 Å². The van der Waals surface area contributed by atoms with Crippen molar-refractivity contribution < 1.29 is 0 Å². The molecule has 3 nitrogen and oxygen atoms in total. The number of nitrogens with one attached hydrogen (secondary N) is 1. The topological polar surface area (TPSA) is 50.9 Å². The molecule has 0 radical (unpaired) electrons. The molecule has 20 heavy (non-hydrogen) atoms. The fraction of sp³-hybridized carbons (Fsp3) is 0.625. The molecule has 1 aromatic heterocycles. The Labute approximate surface area is 128 Å². The van der Waals surface area contributed by atoms with E-state index in [0.29, 0.717) is 4.99 Å². The monoisotopic (exact) mass is 293 g/mol. The zero-order valence-corrected chi connectivity index (χ0v) is 14.5. The summed E-state index contributed by atoms with van der Waals surface area (Å²) in [5.41, 5.74) is 9.75. The molecule has 1 aromatic rings. The van der Waals surface area contributed by atoms with E-state index in [0.717, 1.165) is 29.1 Å². The Morgan fingerprint density at radius 3 is 2.25 bits per heavy atom. The first-order valence-corrected chi connectivity index (χ1v) is 7.38. The van der Waals surface area contributed by atoms with Gasteiger partial charge in [-0.3, -0.25) is 4.98 Å². The first-order valence-electron chi connectivity index (χ1n) is 6.97. The van der Waals surface area contributed by atoms with Crippen molar-refractivity contribution in [2.24, 2.45) is 11.1 Å². The number of hydrogen-bond acceptors (Lipinski definition) is 3. The average Bonchev–Trinajstić information content (AvgIpc) is 2.08. The maximum atomic E-state index is 5.86. The third-order valence-electron chi connectivity index (χ3n) is 3.02. The van der Waals surface area contributed by atoms with Gasteiger partial charge in [0.25, 0.3) is 0 Å². The molecule has 0 aliphatic rings. The number of anilines is 1. The summed E-state index contributed by atoms with van der Waals surface area (Å²) in [5, 5.41) is 3.60. The van der Waals surface area contributed by atoms with Crippen molar-refractivity contribution in [3.8, 4) is 0 Å². The number of nitrogens with two attached hydrogens (primary N) is 1. The normalized spacial score (nSPS) is 12.3. The molecule has 0 atom stereocenters. The second-order valence-corrected chi connectivity index (χ2v) is 7.82. The van der Waals surface area contributed by atoms with Gasteiger partial charge < -0.3 is 11.1 Å². The van der Waals surface area contributed by atoms with Crippen molar-refractivity contribution in [1.29, 1.82) is 0 Å². The summed E-state index contributed by atoms with van der Waals surface area (Å²) in [6.45, 7) is 15.1. The number of nitrogens with zero attached hydrogens (tertiary/aromatic N) is 1. The van der Waals surface area contributed by atoms with Crippen LogP contribution in [0.15, 0.2) is 6.07 Å². The van der Waals surface area contributed by atoms with Crippen LogP contribution in [0.4, 0.5) is 5.69 Å². The van der Waals surface area contributed by atoms with E-state index in [1.807, 2.05) is 19.9 Å². The van der Waals surface area contributed by atoms with Crippen LogP contribution in [0.2, 0.25) is 0 Å². The molecule has 112 valence electrons. The predicted octanol–water partition coefficient (Wildman–Crippen LogP) is 3.96. The summed E-state index contributed by atoms with van der Waals surface area (Å²) in [6, 6.07) is 2.02. The quantitative estimate of drug-likeness (QED) is 0.825. The van der Waals surface area contributed by atoms with Crippen molar-refractivity contribution in [3.05, 3.63) is 23.0 Å². The minimum Gasteiger partial charge on any atom is -0.389 e. The van der Waals surface area contributed by atoms with Gasteiger partial charge in [-0.15, -0.1) is 0 Å². The molecule has 0 amide bonds. The van der Waals surface area contributed by atoms with E-state index in [2.05, 4.69) is 44.9 Å². The molecule has 0 unspecified atom stereocenters. The number of pyridine rings is 1. The summed E-state index contributed by atoms with van der Waals surface area (Å²) in [6.07, 6.45) is 1.04. The lowest BCUT2D eigenvalue weighted by Gasteiger charge is -2.35. The minimum absolute atomic E-state index is 0.0436. The van der Waals surface area contributed by atoms with Gasteiger partial charge in [0, 0.05) is 22.6 Å². The van der Waals surface area contributed by atoms with Gasteiger partial charge >= 0.3 is 0 Å². The molecule has 0 bridgehead atoms. The van der Waals surface area contributed by atoms with Crippen LogP contribution in [0.3, 0.4) is 0 Å². The molecule has 0 fully saturated rings. The number of aromatic nitrogens is 1. The molecule has 0 saturated heterocycles. The maximum absolute atomic E-state index is 5.86. The fourth-order valence-electron chi connectivity index (χ4n) is 2.97. The lowest BCUT2D eigenvalue weighted by atomic mass is 9.81. The SMILES string of the molecule is Cc1cc(NC(C)(C)CC(C)(C)C)c(C(N)=S)c(C)n1. The molecule has 1 heterocycles. The average molecular weight is 293 g/mol. The molecule has 0 aliphatic heterocycles. The fourth-order valence-corrected chi connectivity index (χ4v) is 3.23. The molecule has 4 heteroatoms. The standard InChI is InChI=1S/C16H27N3S/c1-10-8-12(13(14(17)20)11(2)18-10)19-16(6,7)9-15(3,4)5/h8H,9H2,1-7H3,(H2,17,20)(H,18,19). The maximum Gasteiger partial charge on any atom is 0.107 e. The largest absolute Gasteiger partial charge is 0.389 e. The van der Waals surface area contributed by atoms with Gasteiger partial charge in [0.05, 0.1) is 5.56 Å². The number of hydrogen-bond donors (Lipinski definition) is 2. The lowest BCUT2D eigenvalue weighted by Crippen LogP contribution is -2.36. The minimum atomic E-state index is -0.0436. The van der Waals surface area contributed by atoms with Gasteiger partial charge in [0.1, 0.15) is 4.99 Å². The number of aryl methyl sites for hydroxylation is 2. The van der Waals surface area contributed by atoms with Crippen LogP contribution in [-0.4, -0.2) is 15.5 Å². The summed E-state index contributed by atoms with van der Waals surface area (Å²) < 4.78 is 0. The van der Waals surface area contributed by atoms with E-state index in [-0.39, 0.29) is 11.0 Å². The van der Waals surface area contributed by atoms with Crippen molar-refractivity contribution in [1.82, 2.24) is 4.98 Å². The molecule has 0 saturated carbocycles. The van der Waals surface area contributed by atoms with E-state index in [9.17, 15) is 0 Å². The lowest BCUT2D eigenvalue weighted by molar-refractivity contribution is 0.302. The molecule has 0 aromatic carbocycles. The second kappa shape index (κ2) is 5.68. The first-order chi connectivity index (χ1) is 8.91. The summed E-state index contributed by atoms with van der Waals surface area (Å²) in [4.78, 5) is 4.85. The zero-order valence-electron chi connectivity index (χ0n) is 13.7. The van der Waals surface area contributed by atoms with Crippen LogP contribution in [-0.2, 0) is 0 Å².